The second-order valence-electron chi connectivity index (χ2n) is 1.87. The summed E-state index contributed by atoms with van der Waals surface area (Å²) in [5.41, 5.74) is 0. The van der Waals surface area contributed by atoms with Gasteiger partial charge in [-0.3, -0.25) is 9.79 Å². The Balaban J connectivity index is 2.55. The van der Waals surface area contributed by atoms with Crippen molar-refractivity contribution in [2.75, 3.05) is 6.54 Å². The summed E-state index contributed by atoms with van der Waals surface area (Å²) >= 11 is 0. The highest BCUT2D eigenvalue weighted by molar-refractivity contribution is 6.26. The predicted molar refractivity (Wildman–Crippen MR) is 31.0 cm³/mol. The first-order valence-corrected chi connectivity index (χ1v) is 2.60. The monoisotopic (exact) mass is 112 g/mol. The third-order valence-corrected chi connectivity index (χ3v) is 1.02. The first-order valence-electron chi connectivity index (χ1n) is 2.60. The number of hydrogen-bond donors (Lipinski definition) is 1. The van der Waals surface area contributed by atoms with Crippen molar-refractivity contribution in [3.05, 3.63) is 0 Å². The van der Waals surface area contributed by atoms with E-state index in [4.69, 9.17) is 0 Å². The van der Waals surface area contributed by atoms with Crippen molar-refractivity contribution < 1.29 is 4.79 Å². The Morgan fingerprint density at radius 3 is 3.12 bits per heavy atom. The van der Waals surface area contributed by atoms with Gasteiger partial charge in [0.1, 0.15) is 0 Å². The molecule has 1 atom stereocenters. The van der Waals surface area contributed by atoms with Crippen LogP contribution in [-0.2, 0) is 4.79 Å². The maximum atomic E-state index is 10.3. The molecule has 44 valence electrons. The lowest BCUT2D eigenvalue weighted by Crippen LogP contribution is -2.35. The summed E-state index contributed by atoms with van der Waals surface area (Å²) in [5.74, 6) is -0.0805. The standard InChI is InChI=1S/C5H8N2O/c1-4-2-7-5(8)3-6-4/h3-4H,2H2,1H3,(H,7,8). The molecule has 0 aromatic rings. The fourth-order valence-electron chi connectivity index (χ4n) is 0.542. The first kappa shape index (κ1) is 5.28. The number of aliphatic imine (C=N–C) groups is 1. The van der Waals surface area contributed by atoms with Gasteiger partial charge in [0.05, 0.1) is 12.3 Å². The van der Waals surface area contributed by atoms with Crippen molar-refractivity contribution in [2.45, 2.75) is 13.0 Å². The molecule has 0 saturated carbocycles. The Morgan fingerprint density at radius 1 is 2.00 bits per heavy atom. The Bertz CT molecular complexity index is 130. The molecule has 0 aromatic heterocycles. The van der Waals surface area contributed by atoms with Crippen molar-refractivity contribution in [1.82, 2.24) is 5.32 Å². The second kappa shape index (κ2) is 1.94. The molecule has 0 fully saturated rings. The minimum atomic E-state index is -0.0805. The van der Waals surface area contributed by atoms with Crippen LogP contribution in [0, 0.1) is 0 Å². The number of amides is 1. The van der Waals surface area contributed by atoms with E-state index in [9.17, 15) is 4.79 Å². The average Bonchev–Trinajstić information content (AvgIpc) is 1.77. The molecule has 8 heavy (non-hydrogen) atoms. The van der Waals surface area contributed by atoms with E-state index in [1.165, 1.54) is 6.21 Å². The van der Waals surface area contributed by atoms with Crippen LogP contribution in [0.25, 0.3) is 0 Å². The van der Waals surface area contributed by atoms with Gasteiger partial charge in [-0.05, 0) is 6.92 Å². The quantitative estimate of drug-likeness (QED) is 0.454. The van der Waals surface area contributed by atoms with Crippen LogP contribution in [-0.4, -0.2) is 24.7 Å². The summed E-state index contributed by atoms with van der Waals surface area (Å²) in [5, 5.41) is 2.64. The van der Waals surface area contributed by atoms with Gasteiger partial charge < -0.3 is 5.32 Å². The second-order valence-corrected chi connectivity index (χ2v) is 1.87. The van der Waals surface area contributed by atoms with Gasteiger partial charge in [0.2, 0.25) is 0 Å². The zero-order valence-electron chi connectivity index (χ0n) is 4.72. The molecular weight excluding hydrogens is 104 g/mol. The van der Waals surface area contributed by atoms with E-state index in [1.54, 1.807) is 0 Å². The molecule has 0 radical (unpaired) electrons. The van der Waals surface area contributed by atoms with Crippen molar-refractivity contribution in [3.63, 3.8) is 0 Å². The van der Waals surface area contributed by atoms with E-state index >= 15 is 0 Å². The largest absolute Gasteiger partial charge is 0.349 e. The Hall–Kier alpha value is -0.860. The Morgan fingerprint density at radius 2 is 2.75 bits per heavy atom. The topological polar surface area (TPSA) is 41.5 Å². The minimum Gasteiger partial charge on any atom is -0.349 e. The lowest BCUT2D eigenvalue weighted by Gasteiger charge is -2.10. The van der Waals surface area contributed by atoms with Crippen LogP contribution in [0.2, 0.25) is 0 Å². The van der Waals surface area contributed by atoms with Crippen LogP contribution in [0.4, 0.5) is 0 Å². The average molecular weight is 112 g/mol. The zero-order valence-corrected chi connectivity index (χ0v) is 4.72. The van der Waals surface area contributed by atoms with E-state index < -0.39 is 0 Å². The Labute approximate surface area is 47.8 Å². The van der Waals surface area contributed by atoms with Crippen LogP contribution in [0.1, 0.15) is 6.92 Å². The van der Waals surface area contributed by atoms with Crippen LogP contribution >= 0.6 is 0 Å². The molecule has 1 aliphatic rings. The van der Waals surface area contributed by atoms with Gasteiger partial charge in [-0.15, -0.1) is 0 Å². The SMILES string of the molecule is CC1CNC(=O)C=N1. The number of hydrogen-bond acceptors (Lipinski definition) is 2. The van der Waals surface area contributed by atoms with Crippen molar-refractivity contribution in [1.29, 1.82) is 0 Å². The number of nitrogens with one attached hydrogen (secondary N) is 1. The van der Waals surface area contributed by atoms with Crippen LogP contribution in [0.15, 0.2) is 4.99 Å². The molecule has 0 spiro atoms. The molecule has 0 bridgehead atoms. The molecule has 0 aromatic carbocycles. The molecule has 1 unspecified atom stereocenters. The fourth-order valence-corrected chi connectivity index (χ4v) is 0.542. The summed E-state index contributed by atoms with van der Waals surface area (Å²) < 4.78 is 0. The highest BCUT2D eigenvalue weighted by Gasteiger charge is 2.05. The highest BCUT2D eigenvalue weighted by Crippen LogP contribution is 1.88. The summed E-state index contributed by atoms with van der Waals surface area (Å²) in [6, 6.07) is 0.257. The molecule has 3 heteroatoms. The van der Waals surface area contributed by atoms with Crippen LogP contribution in [0.5, 0.6) is 0 Å². The third-order valence-electron chi connectivity index (χ3n) is 1.02. The molecule has 1 aliphatic heterocycles. The van der Waals surface area contributed by atoms with Gasteiger partial charge in [0, 0.05) is 6.54 Å². The summed E-state index contributed by atoms with van der Waals surface area (Å²) in [6.07, 6.45) is 1.33. The number of rotatable bonds is 0. The third kappa shape index (κ3) is 1.05. The van der Waals surface area contributed by atoms with E-state index in [0.717, 1.165) is 0 Å². The zero-order chi connectivity index (χ0) is 5.98. The lowest BCUT2D eigenvalue weighted by molar-refractivity contribution is -0.114. The van der Waals surface area contributed by atoms with E-state index in [0.29, 0.717) is 6.54 Å². The van der Waals surface area contributed by atoms with Gasteiger partial charge >= 0.3 is 0 Å². The van der Waals surface area contributed by atoms with E-state index in [1.807, 2.05) is 6.92 Å². The van der Waals surface area contributed by atoms with Gasteiger partial charge in [-0.2, -0.15) is 0 Å². The molecule has 1 heterocycles. The smallest absolute Gasteiger partial charge is 0.262 e. The number of nitrogens with zero attached hydrogens (tertiary/aromatic N) is 1. The van der Waals surface area contributed by atoms with Crippen molar-refractivity contribution in [3.8, 4) is 0 Å². The maximum Gasteiger partial charge on any atom is 0.262 e. The van der Waals surface area contributed by atoms with Gasteiger partial charge in [0.15, 0.2) is 0 Å². The van der Waals surface area contributed by atoms with Gasteiger partial charge in [0.25, 0.3) is 5.91 Å². The van der Waals surface area contributed by atoms with Crippen LogP contribution in [0.3, 0.4) is 0 Å². The fraction of sp³-hybridized carbons (Fsp3) is 0.600. The van der Waals surface area contributed by atoms with E-state index in [-0.39, 0.29) is 11.9 Å². The molecule has 1 amide bonds. The molecular formula is C5H8N2O. The molecule has 0 saturated heterocycles. The molecule has 3 nitrogen and oxygen atoms in total. The highest BCUT2D eigenvalue weighted by atomic mass is 16.1. The first-order chi connectivity index (χ1) is 3.79. The summed E-state index contributed by atoms with van der Waals surface area (Å²) in [4.78, 5) is 14.2. The summed E-state index contributed by atoms with van der Waals surface area (Å²) in [7, 11) is 0. The molecule has 1 rings (SSSR count). The number of carbonyl (C=O) groups is 1. The normalized spacial score (nSPS) is 27.6. The van der Waals surface area contributed by atoms with Crippen LogP contribution < -0.4 is 5.32 Å². The lowest BCUT2D eigenvalue weighted by atomic mass is 10.3. The summed E-state index contributed by atoms with van der Waals surface area (Å²) in [6.45, 7) is 2.63. The van der Waals surface area contributed by atoms with Crippen molar-refractivity contribution >= 4 is 12.1 Å². The Kier molecular flexibility index (Phi) is 1.28. The maximum absolute atomic E-state index is 10.3. The van der Waals surface area contributed by atoms with E-state index in [2.05, 4.69) is 10.3 Å². The van der Waals surface area contributed by atoms with Gasteiger partial charge in [-0.25, -0.2) is 0 Å². The molecule has 1 N–H and O–H groups in total. The van der Waals surface area contributed by atoms with Crippen molar-refractivity contribution in [2.24, 2.45) is 4.99 Å². The molecule has 0 aliphatic carbocycles. The number of carbonyl (C=O) groups excluding carboxylic acids is 1. The minimum absolute atomic E-state index is 0.0805. The predicted octanol–water partition coefficient (Wildman–Crippen LogP) is -0.425. The van der Waals surface area contributed by atoms with Gasteiger partial charge in [-0.1, -0.05) is 0 Å².